The third-order valence-corrected chi connectivity index (χ3v) is 5.40. The first-order valence-electron chi connectivity index (χ1n) is 5.97. The summed E-state index contributed by atoms with van der Waals surface area (Å²) in [6, 6.07) is 2.75. The van der Waals surface area contributed by atoms with Gasteiger partial charge in [-0.1, -0.05) is 0 Å². The molecule has 1 aromatic rings. The summed E-state index contributed by atoms with van der Waals surface area (Å²) in [5, 5.41) is 13.5. The van der Waals surface area contributed by atoms with E-state index >= 15 is 0 Å². The molecule has 4 nitrogen and oxygen atoms in total. The molecule has 6 heteroatoms. The minimum absolute atomic E-state index is 0.591. The number of nitrogens with two attached hydrogens (primary N) is 1. The van der Waals surface area contributed by atoms with Crippen molar-refractivity contribution in [2.75, 3.05) is 37.4 Å². The van der Waals surface area contributed by atoms with Gasteiger partial charge < -0.3 is 16.0 Å². The maximum atomic E-state index is 9.01. The number of nitriles is 1. The Morgan fingerprint density at radius 2 is 2.44 bits per heavy atom. The quantitative estimate of drug-likeness (QED) is 0.830. The number of likely N-dealkylation sites (tertiary alicyclic amines) is 1. The van der Waals surface area contributed by atoms with Gasteiger partial charge in [0.1, 0.15) is 15.9 Å². The Morgan fingerprint density at radius 3 is 3.00 bits per heavy atom. The second kappa shape index (κ2) is 5.83. The summed E-state index contributed by atoms with van der Waals surface area (Å²) < 4.78 is 0. The number of anilines is 2. The van der Waals surface area contributed by atoms with Crippen molar-refractivity contribution in [1.82, 2.24) is 4.90 Å². The van der Waals surface area contributed by atoms with E-state index < -0.39 is 0 Å². The lowest BCUT2D eigenvalue weighted by atomic mass is 10.2. The fourth-order valence-electron chi connectivity index (χ4n) is 2.28. The first-order valence-corrected chi connectivity index (χ1v) is 8.02. The number of rotatable bonds is 4. The van der Waals surface area contributed by atoms with Crippen LogP contribution >= 0.6 is 23.1 Å². The summed E-state index contributed by atoms with van der Waals surface area (Å²) in [5.74, 6) is 0. The molecule has 0 saturated carbocycles. The lowest BCUT2D eigenvalue weighted by Gasteiger charge is -2.20. The molecule has 1 unspecified atom stereocenters. The number of thioether (sulfide) groups is 1. The van der Waals surface area contributed by atoms with Gasteiger partial charge in [0.05, 0.1) is 10.6 Å². The van der Waals surface area contributed by atoms with E-state index in [0.717, 1.165) is 16.4 Å². The van der Waals surface area contributed by atoms with Gasteiger partial charge in [-0.05, 0) is 32.7 Å². The molecule has 1 aromatic heterocycles. The topological polar surface area (TPSA) is 65.1 Å². The summed E-state index contributed by atoms with van der Waals surface area (Å²) in [5.41, 5.74) is 6.58. The molecule has 3 N–H and O–H groups in total. The Kier molecular flexibility index (Phi) is 4.38. The van der Waals surface area contributed by atoms with E-state index in [1.807, 2.05) is 6.26 Å². The van der Waals surface area contributed by atoms with Crippen LogP contribution < -0.4 is 11.1 Å². The number of nitrogens with zero attached hydrogens (tertiary/aromatic N) is 2. The molecule has 0 aromatic carbocycles. The van der Waals surface area contributed by atoms with E-state index in [2.05, 4.69) is 23.3 Å². The summed E-state index contributed by atoms with van der Waals surface area (Å²) in [4.78, 5) is 4.01. The minimum Gasteiger partial charge on any atom is -0.396 e. The van der Waals surface area contributed by atoms with Gasteiger partial charge in [-0.25, -0.2) is 0 Å². The third kappa shape index (κ3) is 2.58. The highest BCUT2D eigenvalue weighted by Gasteiger charge is 2.22. The molecule has 1 aliphatic heterocycles. The van der Waals surface area contributed by atoms with Crippen LogP contribution in [0.3, 0.4) is 0 Å². The fraction of sp³-hybridized carbons (Fsp3) is 0.583. The van der Waals surface area contributed by atoms with E-state index in [9.17, 15) is 0 Å². The largest absolute Gasteiger partial charge is 0.396 e. The van der Waals surface area contributed by atoms with Gasteiger partial charge in [-0.3, -0.25) is 0 Å². The molecule has 0 radical (unpaired) electrons. The highest BCUT2D eigenvalue weighted by atomic mass is 32.2. The molecular weight excluding hydrogens is 264 g/mol. The van der Waals surface area contributed by atoms with E-state index in [1.54, 1.807) is 11.8 Å². The Morgan fingerprint density at radius 1 is 1.67 bits per heavy atom. The second-order valence-electron chi connectivity index (χ2n) is 4.48. The predicted octanol–water partition coefficient (Wildman–Crippen LogP) is 2.43. The summed E-state index contributed by atoms with van der Waals surface area (Å²) >= 11 is 3.06. The fourth-order valence-corrected chi connectivity index (χ4v) is 4.12. The van der Waals surface area contributed by atoms with Gasteiger partial charge in [0, 0.05) is 12.6 Å². The summed E-state index contributed by atoms with van der Waals surface area (Å²) in [7, 11) is 2.16. The monoisotopic (exact) mass is 282 g/mol. The van der Waals surface area contributed by atoms with Crippen molar-refractivity contribution in [3.8, 4) is 6.07 Å². The number of nitrogen functional groups attached to an aromatic ring is 1. The van der Waals surface area contributed by atoms with Gasteiger partial charge in [0.2, 0.25) is 0 Å². The average molecular weight is 282 g/mol. The SMILES string of the molecule is CSc1c(NCC2CCCN2C)sc(C#N)c1N. The molecule has 1 saturated heterocycles. The third-order valence-electron chi connectivity index (χ3n) is 3.38. The molecule has 98 valence electrons. The highest BCUT2D eigenvalue weighted by molar-refractivity contribution is 7.99. The Balaban J connectivity index is 2.07. The molecule has 1 atom stereocenters. The zero-order chi connectivity index (χ0) is 13.1. The number of thiophene rings is 1. The molecule has 1 aliphatic rings. The van der Waals surface area contributed by atoms with Gasteiger partial charge >= 0.3 is 0 Å². The van der Waals surface area contributed by atoms with Crippen LogP contribution in [0.15, 0.2) is 4.90 Å². The van der Waals surface area contributed by atoms with Gasteiger partial charge in [0.25, 0.3) is 0 Å². The van der Waals surface area contributed by atoms with Crippen LogP contribution in [0, 0.1) is 11.3 Å². The summed E-state index contributed by atoms with van der Waals surface area (Å²) in [6.45, 7) is 2.10. The first-order chi connectivity index (χ1) is 8.67. The lowest BCUT2D eigenvalue weighted by molar-refractivity contribution is 0.322. The molecule has 0 amide bonds. The van der Waals surface area contributed by atoms with Crippen molar-refractivity contribution < 1.29 is 0 Å². The van der Waals surface area contributed by atoms with Gasteiger partial charge in [-0.15, -0.1) is 23.1 Å². The summed E-state index contributed by atoms with van der Waals surface area (Å²) in [6.07, 6.45) is 4.50. The van der Waals surface area contributed by atoms with Crippen LogP contribution in [-0.2, 0) is 0 Å². The number of likely N-dealkylation sites (N-methyl/N-ethyl adjacent to an activating group) is 1. The lowest BCUT2D eigenvalue weighted by Crippen LogP contribution is -2.31. The highest BCUT2D eigenvalue weighted by Crippen LogP contribution is 2.41. The first kappa shape index (κ1) is 13.5. The van der Waals surface area contributed by atoms with Crippen LogP contribution in [-0.4, -0.2) is 37.3 Å². The van der Waals surface area contributed by atoms with Crippen LogP contribution in [0.5, 0.6) is 0 Å². The molecule has 18 heavy (non-hydrogen) atoms. The van der Waals surface area contributed by atoms with Crippen LogP contribution in [0.4, 0.5) is 10.7 Å². The molecular formula is C12H18N4S2. The van der Waals surface area contributed by atoms with Crippen molar-refractivity contribution in [1.29, 1.82) is 5.26 Å². The van der Waals surface area contributed by atoms with E-state index in [1.165, 1.54) is 30.7 Å². The van der Waals surface area contributed by atoms with Crippen molar-refractivity contribution in [2.45, 2.75) is 23.8 Å². The second-order valence-corrected chi connectivity index (χ2v) is 6.31. The van der Waals surface area contributed by atoms with Gasteiger partial charge in [-0.2, -0.15) is 5.26 Å². The van der Waals surface area contributed by atoms with Crippen LogP contribution in [0.25, 0.3) is 0 Å². The number of hydrogen-bond donors (Lipinski definition) is 2. The molecule has 0 bridgehead atoms. The Bertz CT molecular complexity index is 463. The predicted molar refractivity (Wildman–Crippen MR) is 79.4 cm³/mol. The smallest absolute Gasteiger partial charge is 0.131 e. The molecule has 2 heterocycles. The standard InChI is InChI=1S/C12H18N4S2/c1-16-5-3-4-8(16)7-15-12-11(17-2)10(14)9(6-13)18-12/h8,15H,3-5,7,14H2,1-2H3. The average Bonchev–Trinajstić information content (AvgIpc) is 2.90. The van der Waals surface area contributed by atoms with Crippen molar-refractivity contribution in [3.63, 3.8) is 0 Å². The van der Waals surface area contributed by atoms with Crippen molar-refractivity contribution >= 4 is 33.8 Å². The van der Waals surface area contributed by atoms with Crippen LogP contribution in [0.2, 0.25) is 0 Å². The van der Waals surface area contributed by atoms with E-state index in [4.69, 9.17) is 11.0 Å². The van der Waals surface area contributed by atoms with Crippen molar-refractivity contribution in [3.05, 3.63) is 4.88 Å². The minimum atomic E-state index is 0.591. The maximum absolute atomic E-state index is 9.01. The zero-order valence-electron chi connectivity index (χ0n) is 10.7. The number of hydrogen-bond acceptors (Lipinski definition) is 6. The normalized spacial score (nSPS) is 19.9. The zero-order valence-corrected chi connectivity index (χ0v) is 12.3. The molecule has 0 aliphatic carbocycles. The number of nitrogens with one attached hydrogen (secondary N) is 1. The molecule has 2 rings (SSSR count). The maximum Gasteiger partial charge on any atom is 0.131 e. The Labute approximate surface area is 116 Å². The molecule has 1 fully saturated rings. The van der Waals surface area contributed by atoms with E-state index in [-0.39, 0.29) is 0 Å². The van der Waals surface area contributed by atoms with E-state index in [0.29, 0.717) is 16.6 Å². The Hall–Kier alpha value is -0.900. The van der Waals surface area contributed by atoms with Crippen molar-refractivity contribution in [2.24, 2.45) is 0 Å². The van der Waals surface area contributed by atoms with Gasteiger partial charge in [0.15, 0.2) is 0 Å². The van der Waals surface area contributed by atoms with Crippen LogP contribution in [0.1, 0.15) is 17.7 Å². The molecule has 0 spiro atoms.